The molecule has 0 spiro atoms. The van der Waals surface area contributed by atoms with Crippen molar-refractivity contribution in [2.24, 2.45) is 0 Å². The number of rotatable bonds is 2. The van der Waals surface area contributed by atoms with E-state index < -0.39 is 11.0 Å². The molecule has 0 bridgehead atoms. The second-order valence-corrected chi connectivity index (χ2v) is 7.89. The minimum absolute atomic E-state index is 0.0652. The molecule has 1 fully saturated rings. The summed E-state index contributed by atoms with van der Waals surface area (Å²) >= 11 is 12.1. The number of aliphatic hydroxyl groups is 1. The molecule has 1 atom stereocenters. The number of carbonyl (C=O) groups is 1. The first-order chi connectivity index (χ1) is 10.7. The molecule has 0 unspecified atom stereocenters. The van der Waals surface area contributed by atoms with Crippen LogP contribution in [0.3, 0.4) is 0 Å². The van der Waals surface area contributed by atoms with Crippen LogP contribution in [-0.2, 0) is 10.2 Å². The van der Waals surface area contributed by atoms with Crippen LogP contribution in [-0.4, -0.2) is 41.4 Å². The molecule has 0 aromatic heterocycles. The summed E-state index contributed by atoms with van der Waals surface area (Å²) in [5.74, 6) is 0. The predicted octanol–water partition coefficient (Wildman–Crippen LogP) is 4.25. The Kier molecular flexibility index (Phi) is 5.49. The molecule has 1 aliphatic heterocycles. The van der Waals surface area contributed by atoms with E-state index in [0.29, 0.717) is 23.1 Å². The lowest BCUT2D eigenvalue weighted by Crippen LogP contribution is -2.51. The minimum atomic E-state index is -0.542. The highest BCUT2D eigenvalue weighted by molar-refractivity contribution is 6.42. The zero-order valence-corrected chi connectivity index (χ0v) is 15.2. The quantitative estimate of drug-likeness (QED) is 0.858. The fraction of sp³-hybridized carbons (Fsp3) is 0.588. The van der Waals surface area contributed by atoms with Gasteiger partial charge in [0.05, 0.1) is 16.7 Å². The van der Waals surface area contributed by atoms with Crippen molar-refractivity contribution in [2.45, 2.75) is 44.6 Å². The van der Waals surface area contributed by atoms with Crippen molar-refractivity contribution in [2.75, 3.05) is 19.7 Å². The summed E-state index contributed by atoms with van der Waals surface area (Å²) in [4.78, 5) is 14.0. The Balaban J connectivity index is 2.24. The lowest BCUT2D eigenvalue weighted by atomic mass is 9.75. The molecule has 1 N–H and O–H groups in total. The van der Waals surface area contributed by atoms with Crippen molar-refractivity contribution >= 4 is 29.3 Å². The second-order valence-electron chi connectivity index (χ2n) is 7.07. The highest BCUT2D eigenvalue weighted by Gasteiger charge is 2.39. The highest BCUT2D eigenvalue weighted by atomic mass is 35.5. The zero-order valence-electron chi connectivity index (χ0n) is 13.7. The summed E-state index contributed by atoms with van der Waals surface area (Å²) in [6.45, 7) is 6.48. The maximum Gasteiger partial charge on any atom is 0.410 e. The number of hydrogen-bond acceptors (Lipinski definition) is 3. The van der Waals surface area contributed by atoms with Gasteiger partial charge in [0.1, 0.15) is 5.60 Å². The summed E-state index contributed by atoms with van der Waals surface area (Å²) in [6.07, 6.45) is 1.22. The maximum atomic E-state index is 12.3. The maximum absolute atomic E-state index is 12.3. The topological polar surface area (TPSA) is 49.8 Å². The van der Waals surface area contributed by atoms with Gasteiger partial charge in [-0.2, -0.15) is 0 Å². The molecule has 0 radical (unpaired) electrons. The first-order valence-electron chi connectivity index (χ1n) is 7.71. The van der Waals surface area contributed by atoms with Gasteiger partial charge < -0.3 is 14.7 Å². The van der Waals surface area contributed by atoms with Gasteiger partial charge in [0.25, 0.3) is 0 Å². The fourth-order valence-corrected chi connectivity index (χ4v) is 3.19. The zero-order chi connectivity index (χ0) is 17.3. The minimum Gasteiger partial charge on any atom is -0.444 e. The molecular weight excluding hydrogens is 337 g/mol. The number of halogens is 2. The van der Waals surface area contributed by atoms with Crippen LogP contribution >= 0.6 is 23.2 Å². The number of carbonyl (C=O) groups excluding carboxylic acids is 1. The van der Waals surface area contributed by atoms with E-state index in [2.05, 4.69) is 0 Å². The Morgan fingerprint density at radius 2 is 2.04 bits per heavy atom. The molecule has 6 heteroatoms. The summed E-state index contributed by atoms with van der Waals surface area (Å²) in [5, 5.41) is 11.0. The first-order valence-corrected chi connectivity index (χ1v) is 8.47. The Hall–Kier alpha value is -0.970. The number of piperidine rings is 1. The number of nitrogens with zero attached hydrogens (tertiary/aromatic N) is 1. The molecule has 4 nitrogen and oxygen atoms in total. The van der Waals surface area contributed by atoms with Gasteiger partial charge in [0, 0.05) is 18.5 Å². The normalized spacial score (nSPS) is 22.1. The van der Waals surface area contributed by atoms with Crippen molar-refractivity contribution in [3.05, 3.63) is 33.8 Å². The van der Waals surface area contributed by atoms with Crippen LogP contribution in [0, 0.1) is 0 Å². The highest BCUT2D eigenvalue weighted by Crippen LogP contribution is 2.37. The van der Waals surface area contributed by atoms with Crippen LogP contribution in [0.25, 0.3) is 0 Å². The first kappa shape index (κ1) is 18.4. The van der Waals surface area contributed by atoms with Crippen molar-refractivity contribution in [3.63, 3.8) is 0 Å². The molecule has 0 aliphatic carbocycles. The largest absolute Gasteiger partial charge is 0.444 e. The van der Waals surface area contributed by atoms with E-state index in [9.17, 15) is 9.90 Å². The van der Waals surface area contributed by atoms with Gasteiger partial charge in [-0.1, -0.05) is 29.3 Å². The molecule has 1 saturated heterocycles. The summed E-state index contributed by atoms with van der Waals surface area (Å²) in [5.41, 5.74) is -0.189. The predicted molar refractivity (Wildman–Crippen MR) is 92.3 cm³/mol. The van der Waals surface area contributed by atoms with Crippen LogP contribution in [0.5, 0.6) is 0 Å². The van der Waals surface area contributed by atoms with Crippen molar-refractivity contribution in [3.8, 4) is 0 Å². The van der Waals surface area contributed by atoms with Crippen LogP contribution < -0.4 is 0 Å². The fourth-order valence-electron chi connectivity index (χ4n) is 2.90. The third-order valence-corrected chi connectivity index (χ3v) is 4.80. The molecule has 2 rings (SSSR count). The summed E-state index contributed by atoms with van der Waals surface area (Å²) in [6, 6.07) is 5.37. The van der Waals surface area contributed by atoms with Gasteiger partial charge >= 0.3 is 6.09 Å². The molecule has 1 amide bonds. The Bertz CT molecular complexity index is 586. The lowest BCUT2D eigenvalue weighted by Gasteiger charge is -2.42. The molecule has 128 valence electrons. The van der Waals surface area contributed by atoms with Crippen LogP contribution in [0.15, 0.2) is 18.2 Å². The van der Waals surface area contributed by atoms with E-state index in [1.54, 1.807) is 17.0 Å². The van der Waals surface area contributed by atoms with E-state index in [0.717, 1.165) is 18.4 Å². The molecule has 1 aliphatic rings. The molecule has 1 heterocycles. The van der Waals surface area contributed by atoms with E-state index >= 15 is 0 Å². The van der Waals surface area contributed by atoms with Gasteiger partial charge in [-0.05, 0) is 51.3 Å². The Morgan fingerprint density at radius 1 is 1.35 bits per heavy atom. The third-order valence-electron chi connectivity index (χ3n) is 4.06. The average Bonchev–Trinajstić information content (AvgIpc) is 2.48. The van der Waals surface area contributed by atoms with E-state index in [4.69, 9.17) is 27.9 Å². The van der Waals surface area contributed by atoms with Crippen LogP contribution in [0.2, 0.25) is 10.0 Å². The standard InChI is InChI=1S/C17H23Cl2NO3/c1-16(2,3)23-15(22)20-8-4-7-17(10-20,11-21)12-5-6-13(18)14(19)9-12/h5-6,9,21H,4,7-8,10-11H2,1-3H3/t17-/m0/s1. The van der Waals surface area contributed by atoms with Crippen molar-refractivity contribution in [1.82, 2.24) is 4.90 Å². The van der Waals surface area contributed by atoms with Crippen LogP contribution in [0.1, 0.15) is 39.2 Å². The van der Waals surface area contributed by atoms with Gasteiger partial charge in [-0.15, -0.1) is 0 Å². The van der Waals surface area contributed by atoms with Crippen LogP contribution in [0.4, 0.5) is 4.79 Å². The van der Waals surface area contributed by atoms with E-state index in [-0.39, 0.29) is 12.7 Å². The Labute approximate surface area is 147 Å². The number of aliphatic hydroxyl groups excluding tert-OH is 1. The number of ether oxygens (including phenoxy) is 1. The third kappa shape index (κ3) is 4.31. The number of amides is 1. The number of benzene rings is 1. The van der Waals surface area contributed by atoms with Gasteiger partial charge in [-0.3, -0.25) is 0 Å². The van der Waals surface area contributed by atoms with Crippen molar-refractivity contribution < 1.29 is 14.6 Å². The monoisotopic (exact) mass is 359 g/mol. The molecule has 0 saturated carbocycles. The lowest BCUT2D eigenvalue weighted by molar-refractivity contribution is 0.00792. The number of likely N-dealkylation sites (tertiary alicyclic amines) is 1. The summed E-state index contributed by atoms with van der Waals surface area (Å²) < 4.78 is 5.45. The number of hydrogen-bond donors (Lipinski definition) is 1. The molecule has 23 heavy (non-hydrogen) atoms. The summed E-state index contributed by atoms with van der Waals surface area (Å²) in [7, 11) is 0. The van der Waals surface area contributed by atoms with Gasteiger partial charge in [0.15, 0.2) is 0 Å². The SMILES string of the molecule is CC(C)(C)OC(=O)N1CCC[C@](CO)(c2ccc(Cl)c(Cl)c2)C1. The molecular formula is C17H23Cl2NO3. The average molecular weight is 360 g/mol. The van der Waals surface area contributed by atoms with Crippen molar-refractivity contribution in [1.29, 1.82) is 0 Å². The van der Waals surface area contributed by atoms with E-state index in [1.807, 2.05) is 26.8 Å². The smallest absolute Gasteiger partial charge is 0.410 e. The van der Waals surface area contributed by atoms with Gasteiger partial charge in [-0.25, -0.2) is 4.79 Å². The van der Waals surface area contributed by atoms with E-state index in [1.165, 1.54) is 0 Å². The molecule has 1 aromatic carbocycles. The Morgan fingerprint density at radius 3 is 2.61 bits per heavy atom. The van der Waals surface area contributed by atoms with Gasteiger partial charge in [0.2, 0.25) is 0 Å². The second kappa shape index (κ2) is 6.88. The molecule has 1 aromatic rings.